The Morgan fingerprint density at radius 1 is 0.968 bits per heavy atom. The summed E-state index contributed by atoms with van der Waals surface area (Å²) in [6.07, 6.45) is 3.54. The maximum absolute atomic E-state index is 13.9. The van der Waals surface area contributed by atoms with Crippen LogP contribution in [0.3, 0.4) is 0 Å². The Morgan fingerprint density at radius 3 is 2.45 bits per heavy atom. The van der Waals surface area contributed by atoms with Crippen LogP contribution in [0.2, 0.25) is 0 Å². The van der Waals surface area contributed by atoms with Crippen molar-refractivity contribution in [2.45, 2.75) is 13.1 Å². The SMILES string of the molecule is Fc1ccc(Cn2cc(NC(=S)N3CCN(Cc4cccc(F)c4F)CC3)cn2)cc1. The molecule has 1 saturated heterocycles. The van der Waals surface area contributed by atoms with Gasteiger partial charge in [-0.2, -0.15) is 5.10 Å². The summed E-state index contributed by atoms with van der Waals surface area (Å²) in [5.74, 6) is -1.86. The fourth-order valence-electron chi connectivity index (χ4n) is 3.51. The van der Waals surface area contributed by atoms with Crippen LogP contribution in [0.5, 0.6) is 0 Å². The zero-order valence-electron chi connectivity index (χ0n) is 16.8. The van der Waals surface area contributed by atoms with Crippen molar-refractivity contribution in [3.05, 3.63) is 83.4 Å². The van der Waals surface area contributed by atoms with E-state index < -0.39 is 11.6 Å². The lowest BCUT2D eigenvalue weighted by Gasteiger charge is -2.36. The Morgan fingerprint density at radius 2 is 1.71 bits per heavy atom. The van der Waals surface area contributed by atoms with E-state index in [4.69, 9.17) is 12.2 Å². The lowest BCUT2D eigenvalue weighted by atomic mass is 10.2. The van der Waals surface area contributed by atoms with E-state index in [0.29, 0.717) is 49.9 Å². The molecule has 2 heterocycles. The maximum Gasteiger partial charge on any atom is 0.173 e. The van der Waals surface area contributed by atoms with E-state index in [1.54, 1.807) is 29.1 Å². The van der Waals surface area contributed by atoms with Crippen molar-refractivity contribution in [3.8, 4) is 0 Å². The summed E-state index contributed by atoms with van der Waals surface area (Å²) in [6, 6.07) is 10.6. The molecular formula is C22H22F3N5S. The van der Waals surface area contributed by atoms with Gasteiger partial charge in [-0.15, -0.1) is 0 Å². The van der Waals surface area contributed by atoms with E-state index in [0.717, 1.165) is 17.3 Å². The largest absolute Gasteiger partial charge is 0.346 e. The molecular weight excluding hydrogens is 423 g/mol. The van der Waals surface area contributed by atoms with Gasteiger partial charge < -0.3 is 10.2 Å². The zero-order chi connectivity index (χ0) is 21.8. The Balaban J connectivity index is 1.27. The molecule has 31 heavy (non-hydrogen) atoms. The van der Waals surface area contributed by atoms with Crippen molar-refractivity contribution in [3.63, 3.8) is 0 Å². The molecule has 4 rings (SSSR count). The second-order valence-electron chi connectivity index (χ2n) is 7.46. The number of nitrogens with zero attached hydrogens (tertiary/aromatic N) is 4. The van der Waals surface area contributed by atoms with Crippen LogP contribution in [0, 0.1) is 17.5 Å². The van der Waals surface area contributed by atoms with Gasteiger partial charge in [0.1, 0.15) is 5.82 Å². The van der Waals surface area contributed by atoms with Crippen LogP contribution < -0.4 is 5.32 Å². The molecule has 9 heteroatoms. The van der Waals surface area contributed by atoms with Crippen molar-refractivity contribution in [2.75, 3.05) is 31.5 Å². The molecule has 1 aliphatic rings. The molecule has 0 aliphatic carbocycles. The van der Waals surface area contributed by atoms with E-state index in [-0.39, 0.29) is 5.82 Å². The van der Waals surface area contributed by atoms with Crippen LogP contribution in [-0.2, 0) is 13.1 Å². The summed E-state index contributed by atoms with van der Waals surface area (Å²) in [5, 5.41) is 8.10. The quantitative estimate of drug-likeness (QED) is 0.604. The number of thiocarbonyl (C=S) groups is 1. The number of aromatic nitrogens is 2. The molecule has 1 aromatic heterocycles. The van der Waals surface area contributed by atoms with Gasteiger partial charge in [-0.25, -0.2) is 13.2 Å². The number of nitrogens with one attached hydrogen (secondary N) is 1. The van der Waals surface area contributed by atoms with Crippen molar-refractivity contribution in [1.29, 1.82) is 0 Å². The minimum atomic E-state index is -0.818. The van der Waals surface area contributed by atoms with Crippen molar-refractivity contribution in [1.82, 2.24) is 19.6 Å². The molecule has 1 fully saturated rings. The van der Waals surface area contributed by atoms with Crippen LogP contribution in [0.4, 0.5) is 18.9 Å². The first kappa shape index (κ1) is 21.3. The van der Waals surface area contributed by atoms with E-state index in [1.165, 1.54) is 18.2 Å². The van der Waals surface area contributed by atoms with E-state index in [9.17, 15) is 13.2 Å². The molecule has 162 valence electrons. The van der Waals surface area contributed by atoms with Gasteiger partial charge in [0.05, 0.1) is 18.4 Å². The highest BCUT2D eigenvalue weighted by atomic mass is 32.1. The molecule has 0 unspecified atom stereocenters. The van der Waals surface area contributed by atoms with Crippen LogP contribution in [0.1, 0.15) is 11.1 Å². The Hall–Kier alpha value is -2.91. The van der Waals surface area contributed by atoms with Crippen molar-refractivity contribution < 1.29 is 13.2 Å². The number of benzene rings is 2. The molecule has 1 aliphatic heterocycles. The number of anilines is 1. The average Bonchev–Trinajstić information content (AvgIpc) is 3.20. The topological polar surface area (TPSA) is 36.3 Å². The first-order valence-corrected chi connectivity index (χ1v) is 10.4. The zero-order valence-corrected chi connectivity index (χ0v) is 17.6. The molecule has 0 amide bonds. The van der Waals surface area contributed by atoms with E-state index in [2.05, 4.69) is 15.3 Å². The summed E-state index contributed by atoms with van der Waals surface area (Å²) in [4.78, 5) is 4.13. The Kier molecular flexibility index (Phi) is 6.53. The predicted molar refractivity (Wildman–Crippen MR) is 117 cm³/mol. The highest BCUT2D eigenvalue weighted by Crippen LogP contribution is 2.16. The fourth-order valence-corrected chi connectivity index (χ4v) is 3.81. The van der Waals surface area contributed by atoms with Gasteiger partial charge in [0.2, 0.25) is 0 Å². The molecule has 0 spiro atoms. The highest BCUT2D eigenvalue weighted by molar-refractivity contribution is 7.80. The van der Waals surface area contributed by atoms with Gasteiger partial charge in [-0.05, 0) is 36.0 Å². The number of halogens is 3. The van der Waals surface area contributed by atoms with E-state index >= 15 is 0 Å². The lowest BCUT2D eigenvalue weighted by Crippen LogP contribution is -2.49. The average molecular weight is 446 g/mol. The van der Waals surface area contributed by atoms with Gasteiger partial charge in [0, 0.05) is 44.5 Å². The first-order valence-electron chi connectivity index (χ1n) is 9.96. The van der Waals surface area contributed by atoms with Gasteiger partial charge in [-0.1, -0.05) is 24.3 Å². The molecule has 5 nitrogen and oxygen atoms in total. The molecule has 0 radical (unpaired) electrons. The van der Waals surface area contributed by atoms with Gasteiger partial charge in [0.15, 0.2) is 16.7 Å². The first-order chi connectivity index (χ1) is 15.0. The highest BCUT2D eigenvalue weighted by Gasteiger charge is 2.21. The minimum absolute atomic E-state index is 0.266. The lowest BCUT2D eigenvalue weighted by molar-refractivity contribution is 0.175. The smallest absolute Gasteiger partial charge is 0.173 e. The molecule has 0 bridgehead atoms. The summed E-state index contributed by atoms with van der Waals surface area (Å²) in [7, 11) is 0. The maximum atomic E-state index is 13.9. The third kappa shape index (κ3) is 5.42. The Labute approximate surface area is 184 Å². The number of hydrogen-bond donors (Lipinski definition) is 1. The predicted octanol–water partition coefficient (Wildman–Crippen LogP) is 3.86. The summed E-state index contributed by atoms with van der Waals surface area (Å²) in [6.45, 7) is 3.67. The molecule has 0 atom stereocenters. The summed E-state index contributed by atoms with van der Waals surface area (Å²) >= 11 is 5.52. The van der Waals surface area contributed by atoms with Crippen molar-refractivity contribution >= 4 is 23.0 Å². The third-order valence-corrected chi connectivity index (χ3v) is 5.59. The van der Waals surface area contributed by atoms with Crippen LogP contribution >= 0.6 is 12.2 Å². The second-order valence-corrected chi connectivity index (χ2v) is 7.85. The monoisotopic (exact) mass is 445 g/mol. The van der Waals surface area contributed by atoms with Crippen LogP contribution in [0.15, 0.2) is 54.9 Å². The fraction of sp³-hybridized carbons (Fsp3) is 0.273. The van der Waals surface area contributed by atoms with Gasteiger partial charge in [-0.3, -0.25) is 9.58 Å². The van der Waals surface area contributed by atoms with Crippen LogP contribution in [0.25, 0.3) is 0 Å². The molecule has 2 aromatic carbocycles. The summed E-state index contributed by atoms with van der Waals surface area (Å²) in [5.41, 5.74) is 2.09. The standard InChI is InChI=1S/C22H22F3N5S/c23-18-6-4-16(5-7-18)13-30-15-19(12-26-30)27-22(31)29-10-8-28(9-11-29)14-17-2-1-3-20(24)21(17)25/h1-7,12,15H,8-11,13-14H2,(H,27,31). The number of hydrogen-bond acceptors (Lipinski definition) is 3. The Bertz CT molecular complexity index is 1050. The number of rotatable bonds is 5. The summed E-state index contributed by atoms with van der Waals surface area (Å²) < 4.78 is 42.1. The molecule has 3 aromatic rings. The van der Waals surface area contributed by atoms with Crippen molar-refractivity contribution in [2.24, 2.45) is 0 Å². The van der Waals surface area contributed by atoms with Crippen LogP contribution in [-0.4, -0.2) is 50.9 Å². The third-order valence-electron chi connectivity index (χ3n) is 5.23. The van der Waals surface area contributed by atoms with Gasteiger partial charge >= 0.3 is 0 Å². The normalized spacial score (nSPS) is 14.6. The van der Waals surface area contributed by atoms with E-state index in [1.807, 2.05) is 11.1 Å². The molecule has 0 saturated carbocycles. The minimum Gasteiger partial charge on any atom is -0.346 e. The second kappa shape index (κ2) is 9.49. The molecule has 1 N–H and O–H groups in total. The van der Waals surface area contributed by atoms with Gasteiger partial charge in [0.25, 0.3) is 0 Å². The number of piperazine rings is 1.